The highest BCUT2D eigenvalue weighted by Gasteiger charge is 2.41. The van der Waals surface area contributed by atoms with Gasteiger partial charge < -0.3 is 10.2 Å². The smallest absolute Gasteiger partial charge is 0.247 e. The molecular formula is C19H19FN2O2S. The predicted molar refractivity (Wildman–Crippen MR) is 96.3 cm³/mol. The molecule has 130 valence electrons. The van der Waals surface area contributed by atoms with Crippen molar-refractivity contribution < 1.29 is 14.0 Å². The predicted octanol–water partition coefficient (Wildman–Crippen LogP) is 3.28. The summed E-state index contributed by atoms with van der Waals surface area (Å²) < 4.78 is 13.2. The van der Waals surface area contributed by atoms with Gasteiger partial charge in [-0.3, -0.25) is 9.59 Å². The molecule has 2 atom stereocenters. The Morgan fingerprint density at radius 3 is 2.56 bits per heavy atom. The molecule has 1 saturated heterocycles. The number of hydrogen-bond donors (Lipinski definition) is 1. The molecule has 1 aliphatic rings. The lowest BCUT2D eigenvalue weighted by Crippen LogP contribution is -2.42. The first kappa shape index (κ1) is 17.5. The molecule has 3 rings (SSSR count). The number of nitrogens with one attached hydrogen (secondary N) is 1. The van der Waals surface area contributed by atoms with Crippen LogP contribution in [0, 0.1) is 5.82 Å². The number of halogens is 1. The Balaban J connectivity index is 2.01. The highest BCUT2D eigenvalue weighted by atomic mass is 32.2. The monoisotopic (exact) mass is 358 g/mol. The zero-order valence-electron chi connectivity index (χ0n) is 13.8. The number of carbonyl (C=O) groups is 2. The Morgan fingerprint density at radius 1 is 1.24 bits per heavy atom. The van der Waals surface area contributed by atoms with Crippen molar-refractivity contribution in [3.05, 3.63) is 71.5 Å². The molecule has 0 radical (unpaired) electrons. The van der Waals surface area contributed by atoms with Crippen molar-refractivity contribution >= 4 is 23.6 Å². The Morgan fingerprint density at radius 2 is 1.92 bits per heavy atom. The maximum Gasteiger partial charge on any atom is 0.247 e. The minimum atomic E-state index is -0.710. The molecule has 6 heteroatoms. The average molecular weight is 358 g/mol. The Hall–Kier alpha value is -2.34. The van der Waals surface area contributed by atoms with Gasteiger partial charge in [-0.25, -0.2) is 4.39 Å². The fraction of sp³-hybridized carbons (Fsp3) is 0.263. The molecule has 1 heterocycles. The van der Waals surface area contributed by atoms with Crippen molar-refractivity contribution in [2.24, 2.45) is 0 Å². The summed E-state index contributed by atoms with van der Waals surface area (Å²) in [5, 5.41) is 2.50. The summed E-state index contributed by atoms with van der Waals surface area (Å²) in [6.07, 6.45) is 0. The van der Waals surface area contributed by atoms with Crippen LogP contribution in [0.4, 0.5) is 4.39 Å². The van der Waals surface area contributed by atoms with Gasteiger partial charge in [0, 0.05) is 6.54 Å². The van der Waals surface area contributed by atoms with E-state index in [4.69, 9.17) is 0 Å². The molecule has 0 bridgehead atoms. The van der Waals surface area contributed by atoms with E-state index >= 15 is 0 Å². The normalized spacial score (nSPS) is 18.2. The summed E-state index contributed by atoms with van der Waals surface area (Å²) in [6.45, 7) is 2.33. The van der Waals surface area contributed by atoms with E-state index in [0.29, 0.717) is 12.3 Å². The Labute approximate surface area is 150 Å². The van der Waals surface area contributed by atoms with E-state index < -0.39 is 6.04 Å². The van der Waals surface area contributed by atoms with Crippen LogP contribution in [0.2, 0.25) is 0 Å². The van der Waals surface area contributed by atoms with Gasteiger partial charge in [-0.15, -0.1) is 11.8 Å². The van der Waals surface area contributed by atoms with Gasteiger partial charge in [0.1, 0.15) is 17.2 Å². The van der Waals surface area contributed by atoms with Crippen LogP contribution in [0.3, 0.4) is 0 Å². The van der Waals surface area contributed by atoms with Crippen LogP contribution in [0.15, 0.2) is 54.6 Å². The van der Waals surface area contributed by atoms with Gasteiger partial charge in [-0.1, -0.05) is 42.5 Å². The SMILES string of the molecule is CCNC(=O)C(c1ccccc1)N1C(=O)CSC1c1ccc(F)cc1. The number of hydrogen-bond acceptors (Lipinski definition) is 3. The number of benzene rings is 2. The summed E-state index contributed by atoms with van der Waals surface area (Å²) in [4.78, 5) is 26.9. The zero-order valence-corrected chi connectivity index (χ0v) is 14.6. The summed E-state index contributed by atoms with van der Waals surface area (Å²) >= 11 is 1.45. The first-order chi connectivity index (χ1) is 12.1. The standard InChI is InChI=1S/C19H19FN2O2S/c1-2-21-18(24)17(13-6-4-3-5-7-13)22-16(23)12-25-19(22)14-8-10-15(20)11-9-14/h3-11,17,19H,2,12H2,1H3,(H,21,24). The molecule has 4 nitrogen and oxygen atoms in total. The fourth-order valence-electron chi connectivity index (χ4n) is 2.94. The van der Waals surface area contributed by atoms with E-state index in [9.17, 15) is 14.0 Å². The first-order valence-corrected chi connectivity index (χ1v) is 9.17. The highest BCUT2D eigenvalue weighted by Crippen LogP contribution is 2.43. The molecule has 2 aromatic carbocycles. The minimum Gasteiger partial charge on any atom is -0.354 e. The number of rotatable bonds is 5. The second-order valence-corrected chi connectivity index (χ2v) is 6.79. The summed E-state index contributed by atoms with van der Waals surface area (Å²) in [5.41, 5.74) is 1.57. The third-order valence-corrected chi connectivity index (χ3v) is 5.28. The van der Waals surface area contributed by atoms with Crippen molar-refractivity contribution in [2.75, 3.05) is 12.3 Å². The van der Waals surface area contributed by atoms with Gasteiger partial charge >= 0.3 is 0 Å². The molecular weight excluding hydrogens is 339 g/mol. The highest BCUT2D eigenvalue weighted by molar-refractivity contribution is 8.00. The Bertz CT molecular complexity index is 752. The third-order valence-electron chi connectivity index (χ3n) is 4.05. The van der Waals surface area contributed by atoms with Crippen LogP contribution in [0.25, 0.3) is 0 Å². The molecule has 2 unspecified atom stereocenters. The third kappa shape index (κ3) is 3.69. The minimum absolute atomic E-state index is 0.0977. The lowest BCUT2D eigenvalue weighted by Gasteiger charge is -2.32. The lowest BCUT2D eigenvalue weighted by atomic mass is 10.0. The zero-order chi connectivity index (χ0) is 17.8. The first-order valence-electron chi connectivity index (χ1n) is 8.12. The number of thioether (sulfide) groups is 1. The van der Waals surface area contributed by atoms with Crippen LogP contribution in [0.1, 0.15) is 29.5 Å². The van der Waals surface area contributed by atoms with Crippen LogP contribution < -0.4 is 5.32 Å². The van der Waals surface area contributed by atoms with Gasteiger partial charge in [0.15, 0.2) is 0 Å². The number of amides is 2. The van der Waals surface area contributed by atoms with Gasteiger partial charge in [0.25, 0.3) is 0 Å². The fourth-order valence-corrected chi connectivity index (χ4v) is 4.14. The van der Waals surface area contributed by atoms with Crippen molar-refractivity contribution in [2.45, 2.75) is 18.3 Å². The second kappa shape index (κ2) is 7.70. The molecule has 1 fully saturated rings. The van der Waals surface area contributed by atoms with Gasteiger partial charge in [-0.05, 0) is 30.2 Å². The maximum absolute atomic E-state index is 13.2. The topological polar surface area (TPSA) is 49.4 Å². The second-order valence-electron chi connectivity index (χ2n) is 5.72. The van der Waals surface area contributed by atoms with Crippen molar-refractivity contribution in [1.82, 2.24) is 10.2 Å². The van der Waals surface area contributed by atoms with Gasteiger partial charge in [0.2, 0.25) is 11.8 Å². The Kier molecular flexibility index (Phi) is 5.38. The van der Waals surface area contributed by atoms with Gasteiger partial charge in [0.05, 0.1) is 5.75 Å². The molecule has 25 heavy (non-hydrogen) atoms. The van der Waals surface area contributed by atoms with Crippen LogP contribution >= 0.6 is 11.8 Å². The van der Waals surface area contributed by atoms with Crippen molar-refractivity contribution in [1.29, 1.82) is 0 Å². The van der Waals surface area contributed by atoms with E-state index in [1.54, 1.807) is 17.0 Å². The number of nitrogens with zero attached hydrogens (tertiary/aromatic N) is 1. The van der Waals surface area contributed by atoms with E-state index in [1.807, 2.05) is 37.3 Å². The van der Waals surface area contributed by atoms with E-state index in [2.05, 4.69) is 5.32 Å². The molecule has 0 aliphatic carbocycles. The van der Waals surface area contributed by atoms with Gasteiger partial charge in [-0.2, -0.15) is 0 Å². The van der Waals surface area contributed by atoms with Crippen LogP contribution in [0.5, 0.6) is 0 Å². The molecule has 0 saturated carbocycles. The van der Waals surface area contributed by atoms with Crippen LogP contribution in [-0.4, -0.2) is 29.0 Å². The lowest BCUT2D eigenvalue weighted by molar-refractivity contribution is -0.138. The van der Waals surface area contributed by atoms with E-state index in [0.717, 1.165) is 11.1 Å². The quantitative estimate of drug-likeness (QED) is 0.892. The molecule has 0 spiro atoms. The van der Waals surface area contributed by atoms with Crippen LogP contribution in [-0.2, 0) is 9.59 Å². The van der Waals surface area contributed by atoms with Crippen molar-refractivity contribution in [3.8, 4) is 0 Å². The van der Waals surface area contributed by atoms with Crippen molar-refractivity contribution in [3.63, 3.8) is 0 Å². The molecule has 2 amide bonds. The molecule has 1 N–H and O–H groups in total. The number of carbonyl (C=O) groups excluding carboxylic acids is 2. The maximum atomic E-state index is 13.2. The van der Waals surface area contributed by atoms with E-state index in [1.165, 1.54) is 23.9 Å². The molecule has 0 aromatic heterocycles. The molecule has 1 aliphatic heterocycles. The number of likely N-dealkylation sites (N-methyl/N-ethyl adjacent to an activating group) is 1. The summed E-state index contributed by atoms with van der Waals surface area (Å²) in [7, 11) is 0. The average Bonchev–Trinajstić information content (AvgIpc) is 2.99. The van der Waals surface area contributed by atoms with E-state index in [-0.39, 0.29) is 23.0 Å². The largest absolute Gasteiger partial charge is 0.354 e. The summed E-state index contributed by atoms with van der Waals surface area (Å²) in [6, 6.07) is 14.6. The summed E-state index contributed by atoms with van der Waals surface area (Å²) in [5.74, 6) is -0.339. The molecule has 2 aromatic rings.